The molecule has 1 fully saturated rings. The molecular weight excluding hydrogens is 366 g/mol. The Morgan fingerprint density at radius 3 is 2.63 bits per heavy atom. The van der Waals surface area contributed by atoms with Gasteiger partial charge in [-0.3, -0.25) is 4.79 Å². The van der Waals surface area contributed by atoms with E-state index in [0.717, 1.165) is 5.56 Å². The Hall–Kier alpha value is -2.57. The first-order valence-corrected chi connectivity index (χ1v) is 9.22. The molecule has 1 saturated heterocycles. The predicted molar refractivity (Wildman–Crippen MR) is 105 cm³/mol. The van der Waals surface area contributed by atoms with E-state index >= 15 is 0 Å². The summed E-state index contributed by atoms with van der Waals surface area (Å²) < 4.78 is 0. The number of carbonyl (C=O) groups is 2. The van der Waals surface area contributed by atoms with Crippen molar-refractivity contribution in [1.82, 2.24) is 10.2 Å². The van der Waals surface area contributed by atoms with Crippen molar-refractivity contribution in [2.45, 2.75) is 18.9 Å². The highest BCUT2D eigenvalue weighted by atomic mass is 35.5. The number of β-amino-alcohol motifs (C(OH)–C–C–N with tert-alkyl or cyclic N) is 1. The first kappa shape index (κ1) is 19.2. The zero-order chi connectivity index (χ0) is 19.4. The summed E-state index contributed by atoms with van der Waals surface area (Å²) in [6, 6.07) is 13.8. The number of likely N-dealkylation sites (tertiary alicyclic amines) is 1. The van der Waals surface area contributed by atoms with Gasteiger partial charge in [0.25, 0.3) is 5.91 Å². The fourth-order valence-electron chi connectivity index (χ4n) is 3.19. The summed E-state index contributed by atoms with van der Waals surface area (Å²) >= 11 is 6.16. The van der Waals surface area contributed by atoms with Crippen molar-refractivity contribution in [2.24, 2.45) is 0 Å². The van der Waals surface area contributed by atoms with Crippen molar-refractivity contribution in [2.75, 3.05) is 25.0 Å². The smallest absolute Gasteiger partial charge is 0.321 e. The fraction of sp³-hybridized carbons (Fsp3) is 0.300. The molecule has 2 aromatic carbocycles. The molecule has 1 aliphatic heterocycles. The van der Waals surface area contributed by atoms with Gasteiger partial charge in [0, 0.05) is 18.8 Å². The lowest BCUT2D eigenvalue weighted by molar-refractivity contribution is 0.0500. The standard InChI is InChI=1S/C20H22ClN3O3/c1-2-22-18(25)16-9-8-15(12-17(16)21)23-19(26)24-11-10-20(27,13-24)14-6-4-3-5-7-14/h3-9,12,27H,2,10-11,13H2,1H3,(H,22,25)(H,23,26)/t20-/m1/s1. The molecule has 0 bridgehead atoms. The number of hydrogen-bond acceptors (Lipinski definition) is 3. The molecule has 27 heavy (non-hydrogen) atoms. The minimum absolute atomic E-state index is 0.216. The Kier molecular flexibility index (Phi) is 5.68. The number of rotatable bonds is 4. The second-order valence-electron chi connectivity index (χ2n) is 6.55. The molecule has 1 aliphatic rings. The van der Waals surface area contributed by atoms with Crippen LogP contribution in [-0.2, 0) is 5.60 Å². The summed E-state index contributed by atoms with van der Waals surface area (Å²) in [6.07, 6.45) is 0.474. The van der Waals surface area contributed by atoms with Crippen LogP contribution in [0, 0.1) is 0 Å². The van der Waals surface area contributed by atoms with E-state index in [4.69, 9.17) is 11.6 Å². The van der Waals surface area contributed by atoms with Gasteiger partial charge in [0.15, 0.2) is 0 Å². The van der Waals surface area contributed by atoms with Gasteiger partial charge < -0.3 is 20.6 Å². The van der Waals surface area contributed by atoms with Crippen molar-refractivity contribution in [3.63, 3.8) is 0 Å². The van der Waals surface area contributed by atoms with Crippen molar-refractivity contribution >= 4 is 29.2 Å². The number of amides is 3. The quantitative estimate of drug-likeness (QED) is 0.753. The average molecular weight is 388 g/mol. The number of anilines is 1. The van der Waals surface area contributed by atoms with Crippen LogP contribution >= 0.6 is 11.6 Å². The number of halogens is 1. The zero-order valence-corrected chi connectivity index (χ0v) is 15.8. The SMILES string of the molecule is CCNC(=O)c1ccc(NC(=O)N2CC[C@](O)(c3ccccc3)C2)cc1Cl. The number of hydrogen-bond donors (Lipinski definition) is 3. The number of urea groups is 1. The molecule has 3 N–H and O–H groups in total. The molecule has 2 aromatic rings. The van der Waals surface area contributed by atoms with Crippen LogP contribution in [0.2, 0.25) is 5.02 Å². The van der Waals surface area contributed by atoms with E-state index in [-0.39, 0.29) is 23.5 Å². The van der Waals surface area contributed by atoms with Crippen LogP contribution in [0.1, 0.15) is 29.3 Å². The maximum absolute atomic E-state index is 12.5. The Bertz CT molecular complexity index is 844. The summed E-state index contributed by atoms with van der Waals surface area (Å²) in [6.45, 7) is 3.00. The van der Waals surface area contributed by atoms with Gasteiger partial charge in [-0.05, 0) is 37.1 Å². The molecule has 0 aliphatic carbocycles. The van der Waals surface area contributed by atoms with Gasteiger partial charge in [-0.2, -0.15) is 0 Å². The maximum atomic E-state index is 12.5. The van der Waals surface area contributed by atoms with Gasteiger partial charge in [-0.1, -0.05) is 41.9 Å². The van der Waals surface area contributed by atoms with Crippen LogP contribution in [0.4, 0.5) is 10.5 Å². The molecule has 0 radical (unpaired) electrons. The first-order valence-electron chi connectivity index (χ1n) is 8.84. The monoisotopic (exact) mass is 387 g/mol. The van der Waals surface area contributed by atoms with Crippen molar-refractivity contribution in [3.05, 3.63) is 64.7 Å². The molecular formula is C20H22ClN3O3. The third kappa shape index (κ3) is 4.23. The van der Waals surface area contributed by atoms with E-state index in [9.17, 15) is 14.7 Å². The average Bonchev–Trinajstić information content (AvgIpc) is 3.06. The highest BCUT2D eigenvalue weighted by Crippen LogP contribution is 2.32. The molecule has 1 heterocycles. The van der Waals surface area contributed by atoms with Crippen molar-refractivity contribution < 1.29 is 14.7 Å². The summed E-state index contributed by atoms with van der Waals surface area (Å²) in [7, 11) is 0. The molecule has 7 heteroatoms. The van der Waals surface area contributed by atoms with Crippen molar-refractivity contribution in [1.29, 1.82) is 0 Å². The molecule has 6 nitrogen and oxygen atoms in total. The highest BCUT2D eigenvalue weighted by molar-refractivity contribution is 6.34. The highest BCUT2D eigenvalue weighted by Gasteiger charge is 2.39. The molecule has 3 rings (SSSR count). The summed E-state index contributed by atoms with van der Waals surface area (Å²) in [4.78, 5) is 26.0. The van der Waals surface area contributed by atoms with Crippen LogP contribution in [0.3, 0.4) is 0 Å². The number of nitrogens with one attached hydrogen (secondary N) is 2. The van der Waals surface area contributed by atoms with Crippen LogP contribution in [0.5, 0.6) is 0 Å². The van der Waals surface area contributed by atoms with Crippen LogP contribution in [0.15, 0.2) is 48.5 Å². The fourth-order valence-corrected chi connectivity index (χ4v) is 3.45. The van der Waals surface area contributed by atoms with Crippen LogP contribution in [0.25, 0.3) is 0 Å². The third-order valence-corrected chi connectivity index (χ3v) is 4.96. The van der Waals surface area contributed by atoms with Crippen molar-refractivity contribution in [3.8, 4) is 0 Å². The van der Waals surface area contributed by atoms with E-state index in [2.05, 4.69) is 10.6 Å². The number of nitrogens with zero attached hydrogens (tertiary/aromatic N) is 1. The lowest BCUT2D eigenvalue weighted by Crippen LogP contribution is -2.37. The van der Waals surface area contributed by atoms with Gasteiger partial charge in [-0.15, -0.1) is 0 Å². The van der Waals surface area contributed by atoms with E-state index < -0.39 is 5.60 Å². The lowest BCUT2D eigenvalue weighted by Gasteiger charge is -2.24. The number of benzene rings is 2. The zero-order valence-electron chi connectivity index (χ0n) is 15.0. The van der Waals surface area contributed by atoms with Gasteiger partial charge in [-0.25, -0.2) is 4.79 Å². The molecule has 3 amide bonds. The molecule has 1 atom stereocenters. The van der Waals surface area contributed by atoms with E-state index in [0.29, 0.717) is 30.8 Å². The second-order valence-corrected chi connectivity index (χ2v) is 6.96. The van der Waals surface area contributed by atoms with Gasteiger partial charge in [0.05, 0.1) is 17.1 Å². The molecule has 0 unspecified atom stereocenters. The lowest BCUT2D eigenvalue weighted by atomic mass is 9.93. The summed E-state index contributed by atoms with van der Waals surface area (Å²) in [5.41, 5.74) is 0.609. The second kappa shape index (κ2) is 7.98. The third-order valence-electron chi connectivity index (χ3n) is 4.65. The Morgan fingerprint density at radius 1 is 1.22 bits per heavy atom. The Morgan fingerprint density at radius 2 is 1.96 bits per heavy atom. The van der Waals surface area contributed by atoms with Gasteiger partial charge in [0.1, 0.15) is 5.60 Å². The van der Waals surface area contributed by atoms with E-state index in [1.165, 1.54) is 0 Å². The number of carbonyl (C=O) groups excluding carboxylic acids is 2. The van der Waals surface area contributed by atoms with E-state index in [1.807, 2.05) is 37.3 Å². The van der Waals surface area contributed by atoms with E-state index in [1.54, 1.807) is 23.1 Å². The molecule has 0 aromatic heterocycles. The molecule has 142 valence electrons. The minimum atomic E-state index is -1.04. The summed E-state index contributed by atoms with van der Waals surface area (Å²) in [5.74, 6) is -0.257. The minimum Gasteiger partial charge on any atom is -0.383 e. The Balaban J connectivity index is 1.66. The first-order chi connectivity index (χ1) is 12.9. The molecule has 0 saturated carbocycles. The normalized spacial score (nSPS) is 19.0. The van der Waals surface area contributed by atoms with Crippen LogP contribution < -0.4 is 10.6 Å². The number of aliphatic hydroxyl groups is 1. The van der Waals surface area contributed by atoms with Crippen LogP contribution in [-0.4, -0.2) is 41.6 Å². The maximum Gasteiger partial charge on any atom is 0.321 e. The summed E-state index contributed by atoms with van der Waals surface area (Å²) in [5, 5.41) is 16.6. The molecule has 0 spiro atoms. The largest absolute Gasteiger partial charge is 0.383 e. The van der Waals surface area contributed by atoms with Gasteiger partial charge >= 0.3 is 6.03 Å². The predicted octanol–water partition coefficient (Wildman–Crippen LogP) is 3.22. The van der Waals surface area contributed by atoms with Gasteiger partial charge in [0.2, 0.25) is 0 Å². The Labute approximate surface area is 163 Å². The topological polar surface area (TPSA) is 81.7 Å².